The first-order valence-corrected chi connectivity index (χ1v) is 10.8. The summed E-state index contributed by atoms with van der Waals surface area (Å²) >= 11 is 0. The molecule has 1 atom stereocenters. The van der Waals surface area contributed by atoms with Gasteiger partial charge in [-0.15, -0.1) is 6.58 Å². The van der Waals surface area contributed by atoms with Crippen LogP contribution in [0.15, 0.2) is 66.8 Å². The van der Waals surface area contributed by atoms with Crippen molar-refractivity contribution < 1.29 is 14.3 Å². The fraction of sp³-hybridized carbons (Fsp3) is 0.296. The van der Waals surface area contributed by atoms with Crippen molar-refractivity contribution in [3.63, 3.8) is 0 Å². The smallest absolute Gasteiger partial charge is 0.251 e. The molecule has 0 fully saturated rings. The number of methoxy groups -OCH3 is 1. The van der Waals surface area contributed by atoms with E-state index in [1.165, 1.54) is 0 Å². The molecule has 2 heterocycles. The molecule has 32 heavy (non-hydrogen) atoms. The number of likely N-dealkylation sites (N-methyl/N-ethyl adjacent to an activating group) is 1. The van der Waals surface area contributed by atoms with Crippen LogP contribution in [0.5, 0.6) is 11.5 Å². The van der Waals surface area contributed by atoms with E-state index in [4.69, 9.17) is 9.47 Å². The number of carbonyl (C=O) groups excluding carboxylic acids is 1. The molecule has 0 saturated carbocycles. The van der Waals surface area contributed by atoms with Crippen molar-refractivity contribution in [1.82, 2.24) is 0 Å². The van der Waals surface area contributed by atoms with Gasteiger partial charge in [0, 0.05) is 12.6 Å². The molecule has 0 aliphatic carbocycles. The lowest BCUT2D eigenvalue weighted by atomic mass is 9.85. The van der Waals surface area contributed by atoms with Crippen LogP contribution < -0.4 is 19.7 Å². The van der Waals surface area contributed by atoms with E-state index in [1.807, 2.05) is 57.3 Å². The Morgan fingerprint density at radius 2 is 2.09 bits per heavy atom. The number of fused-ring (bicyclic) bond motifs is 5. The topological polar surface area (TPSA) is 50.8 Å². The summed E-state index contributed by atoms with van der Waals surface area (Å²) in [5.41, 5.74) is 4.99. The number of benzene rings is 2. The average molecular weight is 431 g/mol. The van der Waals surface area contributed by atoms with E-state index in [0.717, 1.165) is 51.6 Å². The highest BCUT2D eigenvalue weighted by molar-refractivity contribution is 6.09. The van der Waals surface area contributed by atoms with E-state index in [-0.39, 0.29) is 12.0 Å². The van der Waals surface area contributed by atoms with Crippen LogP contribution in [0.25, 0.3) is 11.1 Å². The monoisotopic (exact) mass is 430 g/mol. The minimum Gasteiger partial charge on any atom is -0.496 e. The van der Waals surface area contributed by atoms with Gasteiger partial charge in [0.1, 0.15) is 23.1 Å². The summed E-state index contributed by atoms with van der Waals surface area (Å²) in [4.78, 5) is 14.9. The molecule has 2 aliphatic rings. The van der Waals surface area contributed by atoms with Crippen molar-refractivity contribution in [2.45, 2.75) is 38.8 Å². The first-order valence-electron chi connectivity index (χ1n) is 10.8. The van der Waals surface area contributed by atoms with Gasteiger partial charge in [-0.05, 0) is 56.5 Å². The Bertz CT molecular complexity index is 1140. The Morgan fingerprint density at radius 3 is 2.81 bits per heavy atom. The third kappa shape index (κ3) is 3.48. The molecule has 2 aromatic carbocycles. The summed E-state index contributed by atoms with van der Waals surface area (Å²) < 4.78 is 12.2. The molecule has 0 radical (unpaired) electrons. The summed E-state index contributed by atoms with van der Waals surface area (Å²) in [5.74, 6) is 1.52. The second kappa shape index (κ2) is 8.23. The highest BCUT2D eigenvalue weighted by atomic mass is 16.5. The van der Waals surface area contributed by atoms with Crippen molar-refractivity contribution in [1.29, 1.82) is 0 Å². The van der Waals surface area contributed by atoms with Gasteiger partial charge in [-0.25, -0.2) is 0 Å². The molecule has 0 bridgehead atoms. The van der Waals surface area contributed by atoms with Crippen LogP contribution in [0.3, 0.4) is 0 Å². The number of rotatable bonds is 5. The van der Waals surface area contributed by atoms with E-state index in [9.17, 15) is 4.79 Å². The standard InChI is InChI=1S/C27H30N2O3/c1-7-8-9-10-12-17(2)25-23-18(22-20(31-6)13-11-14-21(22)32-25)15-16-19-24(23)29(5)26(30)27(3,4)28-19/h7,9-16,25,28H,1,8H2,2-6H3/b10-9-,17-12+. The van der Waals surface area contributed by atoms with E-state index in [1.54, 1.807) is 12.0 Å². The van der Waals surface area contributed by atoms with Crippen LogP contribution in [0, 0.1) is 0 Å². The molecule has 1 unspecified atom stereocenters. The van der Waals surface area contributed by atoms with Crippen molar-refractivity contribution in [3.05, 3.63) is 72.4 Å². The van der Waals surface area contributed by atoms with Crippen LogP contribution in [-0.4, -0.2) is 25.6 Å². The SMILES string of the molecule is C=CC/C=C\C=C(/C)C1Oc2cccc(OC)c2-c2ccc3c(c21)N(C)C(=O)C(C)(C)N3. The van der Waals surface area contributed by atoms with Gasteiger partial charge in [0.15, 0.2) is 0 Å². The van der Waals surface area contributed by atoms with Gasteiger partial charge in [0.25, 0.3) is 5.91 Å². The molecule has 5 nitrogen and oxygen atoms in total. The maximum Gasteiger partial charge on any atom is 0.251 e. The number of allylic oxidation sites excluding steroid dienone is 4. The van der Waals surface area contributed by atoms with E-state index in [0.29, 0.717) is 0 Å². The number of nitrogens with one attached hydrogen (secondary N) is 1. The Hall–Kier alpha value is -3.47. The Kier molecular flexibility index (Phi) is 5.59. The zero-order chi connectivity index (χ0) is 23.0. The van der Waals surface area contributed by atoms with Gasteiger partial charge in [-0.1, -0.05) is 36.4 Å². The molecule has 1 N–H and O–H groups in total. The summed E-state index contributed by atoms with van der Waals surface area (Å²) in [6, 6.07) is 9.97. The predicted octanol–water partition coefficient (Wildman–Crippen LogP) is 6.04. The Balaban J connectivity index is 1.97. The van der Waals surface area contributed by atoms with E-state index < -0.39 is 5.54 Å². The molecule has 0 aromatic heterocycles. The van der Waals surface area contributed by atoms with Crippen LogP contribution in [0.2, 0.25) is 0 Å². The zero-order valence-electron chi connectivity index (χ0n) is 19.4. The molecule has 1 amide bonds. The van der Waals surface area contributed by atoms with Crippen molar-refractivity contribution >= 4 is 17.3 Å². The van der Waals surface area contributed by atoms with E-state index >= 15 is 0 Å². The van der Waals surface area contributed by atoms with Gasteiger partial charge >= 0.3 is 0 Å². The number of carbonyl (C=O) groups is 1. The molecule has 4 rings (SSSR count). The number of hydrogen-bond acceptors (Lipinski definition) is 4. The highest BCUT2D eigenvalue weighted by Gasteiger charge is 2.42. The summed E-state index contributed by atoms with van der Waals surface area (Å²) in [7, 11) is 3.50. The minimum absolute atomic E-state index is 0.00971. The first kappa shape index (κ1) is 21.8. The lowest BCUT2D eigenvalue weighted by molar-refractivity contribution is -0.121. The largest absolute Gasteiger partial charge is 0.496 e. The summed E-state index contributed by atoms with van der Waals surface area (Å²) in [5, 5.41) is 3.42. The normalized spacial score (nSPS) is 18.9. The predicted molar refractivity (Wildman–Crippen MR) is 131 cm³/mol. The second-order valence-electron chi connectivity index (χ2n) is 8.73. The van der Waals surface area contributed by atoms with Gasteiger partial charge in [0.05, 0.1) is 24.0 Å². The number of hydrogen-bond donors (Lipinski definition) is 1. The van der Waals surface area contributed by atoms with Gasteiger partial charge in [-0.3, -0.25) is 4.79 Å². The van der Waals surface area contributed by atoms with E-state index in [2.05, 4.69) is 37.0 Å². The fourth-order valence-electron chi connectivity index (χ4n) is 4.50. The number of nitrogens with zero attached hydrogens (tertiary/aromatic N) is 1. The van der Waals surface area contributed by atoms with Crippen molar-refractivity contribution in [3.8, 4) is 22.6 Å². The minimum atomic E-state index is -0.686. The summed E-state index contributed by atoms with van der Waals surface area (Å²) in [6.07, 6.45) is 8.46. The Morgan fingerprint density at radius 1 is 1.31 bits per heavy atom. The molecule has 0 spiro atoms. The highest BCUT2D eigenvalue weighted by Crippen LogP contribution is 2.54. The van der Waals surface area contributed by atoms with Gasteiger partial charge in [0.2, 0.25) is 0 Å². The molecule has 166 valence electrons. The van der Waals surface area contributed by atoms with Crippen molar-refractivity contribution in [2.24, 2.45) is 0 Å². The lowest BCUT2D eigenvalue weighted by Gasteiger charge is -2.42. The zero-order valence-corrected chi connectivity index (χ0v) is 19.4. The third-order valence-corrected chi connectivity index (χ3v) is 6.03. The molecular weight excluding hydrogens is 400 g/mol. The van der Waals surface area contributed by atoms with Gasteiger partial charge < -0.3 is 19.7 Å². The number of anilines is 2. The third-order valence-electron chi connectivity index (χ3n) is 6.03. The number of ether oxygens (including phenoxy) is 2. The van der Waals surface area contributed by atoms with Crippen LogP contribution >= 0.6 is 0 Å². The molecule has 2 aliphatic heterocycles. The fourth-order valence-corrected chi connectivity index (χ4v) is 4.50. The lowest BCUT2D eigenvalue weighted by Crippen LogP contribution is -2.53. The van der Waals surface area contributed by atoms with Crippen LogP contribution in [-0.2, 0) is 4.79 Å². The average Bonchev–Trinajstić information content (AvgIpc) is 2.78. The number of amides is 1. The van der Waals surface area contributed by atoms with Crippen LogP contribution in [0.1, 0.15) is 38.9 Å². The maximum absolute atomic E-state index is 13.1. The maximum atomic E-state index is 13.1. The molecule has 2 aromatic rings. The molecular formula is C27H30N2O3. The van der Waals surface area contributed by atoms with Crippen LogP contribution in [0.4, 0.5) is 11.4 Å². The van der Waals surface area contributed by atoms with Gasteiger partial charge in [-0.2, -0.15) is 0 Å². The quantitative estimate of drug-likeness (QED) is 0.464. The Labute approximate surface area is 190 Å². The molecule has 0 saturated heterocycles. The first-order chi connectivity index (χ1) is 15.3. The molecule has 5 heteroatoms. The second-order valence-corrected chi connectivity index (χ2v) is 8.73. The van der Waals surface area contributed by atoms with Crippen molar-refractivity contribution in [2.75, 3.05) is 24.4 Å². The summed E-state index contributed by atoms with van der Waals surface area (Å²) in [6.45, 7) is 9.61.